The lowest BCUT2D eigenvalue weighted by Crippen LogP contribution is -2.43. The van der Waals surface area contributed by atoms with Crippen molar-refractivity contribution in [2.45, 2.75) is 45.3 Å². The van der Waals surface area contributed by atoms with Gasteiger partial charge in [0.1, 0.15) is 35.0 Å². The minimum Gasteiger partial charge on any atom is -0.491 e. The van der Waals surface area contributed by atoms with Crippen LogP contribution in [0.5, 0.6) is 17.2 Å². The van der Waals surface area contributed by atoms with Crippen molar-refractivity contribution in [3.63, 3.8) is 0 Å². The number of piperidine rings is 1. The molecule has 0 spiro atoms. The van der Waals surface area contributed by atoms with Gasteiger partial charge >= 0.3 is 6.09 Å². The third kappa shape index (κ3) is 7.70. The lowest BCUT2D eigenvalue weighted by Gasteiger charge is -2.33. The van der Waals surface area contributed by atoms with Crippen molar-refractivity contribution < 1.29 is 23.7 Å². The van der Waals surface area contributed by atoms with Gasteiger partial charge in [-0.1, -0.05) is 18.0 Å². The highest BCUT2D eigenvalue weighted by Gasteiger charge is 2.27. The highest BCUT2D eigenvalue weighted by atomic mass is 32.2. The Morgan fingerprint density at radius 3 is 2.57 bits per heavy atom. The van der Waals surface area contributed by atoms with Crippen LogP contribution in [0.2, 0.25) is 0 Å². The molecule has 2 N–H and O–H groups in total. The number of carbonyl (C=O) groups is 1. The van der Waals surface area contributed by atoms with Crippen molar-refractivity contribution in [3.05, 3.63) is 71.3 Å². The second-order valence-corrected chi connectivity index (χ2v) is 12.3. The fraction of sp³-hybridized carbons (Fsp3) is 0.394. The normalized spacial score (nSPS) is 14.1. The Morgan fingerprint density at radius 1 is 1.05 bits per heavy atom. The second-order valence-electron chi connectivity index (χ2n) is 11.7. The number of hydrogen-bond donors (Lipinski definition) is 2. The third-order valence-corrected chi connectivity index (χ3v) is 7.66. The monoisotopic (exact) mass is 620 g/mol. The molecule has 4 aromatic rings. The number of benzene rings is 2. The minimum atomic E-state index is -0.499. The molecule has 44 heavy (non-hydrogen) atoms. The van der Waals surface area contributed by atoms with Gasteiger partial charge in [-0.15, -0.1) is 0 Å². The molecule has 1 aliphatic heterocycles. The molecule has 1 amide bonds. The zero-order valence-corrected chi connectivity index (χ0v) is 26.7. The Kier molecular flexibility index (Phi) is 9.75. The van der Waals surface area contributed by atoms with Gasteiger partial charge in [0.05, 0.1) is 12.7 Å². The van der Waals surface area contributed by atoms with Crippen LogP contribution in [-0.4, -0.2) is 64.8 Å². The summed E-state index contributed by atoms with van der Waals surface area (Å²) < 4.78 is 28.8. The van der Waals surface area contributed by atoms with Gasteiger partial charge in [0, 0.05) is 67.1 Å². The number of nitrogens with zero attached hydrogens (tertiary/aromatic N) is 2. The van der Waals surface area contributed by atoms with E-state index in [4.69, 9.17) is 18.9 Å². The Morgan fingerprint density at radius 2 is 1.82 bits per heavy atom. The van der Waals surface area contributed by atoms with Crippen molar-refractivity contribution in [1.29, 1.82) is 0 Å². The average molecular weight is 621 g/mol. The van der Waals surface area contributed by atoms with Gasteiger partial charge in [0.25, 0.3) is 5.56 Å². The predicted octanol–water partition coefficient (Wildman–Crippen LogP) is 6.81. The van der Waals surface area contributed by atoms with Gasteiger partial charge in [-0.2, -0.15) is 0 Å². The Balaban J connectivity index is 1.21. The number of H-pyrrole nitrogens is 1. The summed E-state index contributed by atoms with van der Waals surface area (Å²) in [4.78, 5) is 29.8. The lowest BCUT2D eigenvalue weighted by atomic mass is 10.0. The summed E-state index contributed by atoms with van der Waals surface area (Å²) in [5, 5.41) is 0.826. The van der Waals surface area contributed by atoms with E-state index in [0.29, 0.717) is 49.1 Å². The smallest absolute Gasteiger partial charge is 0.410 e. The van der Waals surface area contributed by atoms with Gasteiger partial charge in [0.15, 0.2) is 0 Å². The van der Waals surface area contributed by atoms with Gasteiger partial charge in [-0.05, 0) is 70.0 Å². The fourth-order valence-electron chi connectivity index (χ4n) is 5.15. The molecule has 3 heterocycles. The highest BCUT2D eigenvalue weighted by molar-refractivity contribution is 7.99. The van der Waals surface area contributed by atoms with Crippen LogP contribution in [0.1, 0.15) is 33.6 Å². The van der Waals surface area contributed by atoms with E-state index in [2.05, 4.69) is 9.71 Å². The molecular weight excluding hydrogens is 580 g/mol. The first-order valence-electron chi connectivity index (χ1n) is 14.7. The molecule has 0 unspecified atom stereocenters. The van der Waals surface area contributed by atoms with E-state index in [9.17, 15) is 9.59 Å². The molecule has 0 bridgehead atoms. The molecule has 2 aromatic heterocycles. The van der Waals surface area contributed by atoms with E-state index in [-0.39, 0.29) is 17.8 Å². The molecule has 0 radical (unpaired) electrons. The van der Waals surface area contributed by atoms with E-state index >= 15 is 0 Å². The van der Waals surface area contributed by atoms with E-state index in [0.717, 1.165) is 35.0 Å². The number of aryl methyl sites for hydroxylation is 1. The van der Waals surface area contributed by atoms with Crippen molar-refractivity contribution >= 4 is 34.6 Å². The van der Waals surface area contributed by atoms with Crippen molar-refractivity contribution in [3.8, 4) is 28.4 Å². The molecule has 5 rings (SSSR count). The summed E-state index contributed by atoms with van der Waals surface area (Å²) >= 11 is 1.50. The summed E-state index contributed by atoms with van der Waals surface area (Å²) in [5.74, 6) is 1.94. The molecule has 0 aliphatic carbocycles. The highest BCUT2D eigenvalue weighted by Crippen LogP contribution is 2.39. The fourth-order valence-corrected chi connectivity index (χ4v) is 5.52. The number of fused-ring (bicyclic) bond motifs is 1. The minimum absolute atomic E-state index is 0.0814. The molecule has 2 aromatic carbocycles. The maximum Gasteiger partial charge on any atom is 0.410 e. The molecule has 0 saturated carbocycles. The van der Waals surface area contributed by atoms with Crippen LogP contribution >= 0.6 is 11.9 Å². The number of likely N-dealkylation sites (tertiary alicyclic amines) is 1. The lowest BCUT2D eigenvalue weighted by molar-refractivity contribution is -0.0177. The number of anilines is 1. The SMILES string of the molecule is CSNc1ccc(Oc2cccc(OCCOC3CCN(C(=O)OC(C)(C)C)CC3)c2)c(-c2cn(C)c(=O)c3[nH]ccc23)c1. The van der Waals surface area contributed by atoms with E-state index in [1.54, 1.807) is 22.7 Å². The summed E-state index contributed by atoms with van der Waals surface area (Å²) in [6.07, 6.45) is 6.92. The molecule has 0 atom stereocenters. The first-order chi connectivity index (χ1) is 21.1. The van der Waals surface area contributed by atoms with Crippen LogP contribution < -0.4 is 19.8 Å². The predicted molar refractivity (Wildman–Crippen MR) is 175 cm³/mol. The number of ether oxygens (including phenoxy) is 4. The number of hydrogen-bond acceptors (Lipinski definition) is 8. The number of aromatic amines is 1. The van der Waals surface area contributed by atoms with Crippen LogP contribution in [-0.2, 0) is 16.5 Å². The van der Waals surface area contributed by atoms with Crippen molar-refractivity contribution in [2.24, 2.45) is 7.05 Å². The van der Waals surface area contributed by atoms with Crippen molar-refractivity contribution in [2.75, 3.05) is 37.3 Å². The number of nitrogens with one attached hydrogen (secondary N) is 2. The molecule has 1 saturated heterocycles. The van der Waals surface area contributed by atoms with Gasteiger partial charge in [-0.3, -0.25) is 4.79 Å². The number of amides is 1. The second kappa shape index (κ2) is 13.7. The van der Waals surface area contributed by atoms with Gasteiger partial charge < -0.3 is 38.1 Å². The van der Waals surface area contributed by atoms with Crippen LogP contribution in [0.4, 0.5) is 10.5 Å². The molecule has 1 aliphatic rings. The third-order valence-electron chi connectivity index (χ3n) is 7.22. The van der Waals surface area contributed by atoms with Crippen LogP contribution in [0, 0.1) is 0 Å². The molecule has 11 heteroatoms. The molecule has 10 nitrogen and oxygen atoms in total. The topological polar surface area (TPSA) is 107 Å². The first-order valence-corrected chi connectivity index (χ1v) is 15.9. The molecule has 234 valence electrons. The quantitative estimate of drug-likeness (QED) is 0.147. The first kappa shape index (κ1) is 31.3. The standard InChI is InChI=1S/C33H40N4O6S/c1-33(2,3)43-32(39)37-15-12-23(13-16-37)40-17-18-41-24-7-6-8-25(20-24)42-29-10-9-22(35-44-5)19-27(29)28-21-36(4)31(38)30-26(28)11-14-34-30/h6-11,14,19-21,23,34-35H,12-13,15-18H2,1-5H3. The van der Waals surface area contributed by atoms with E-state index in [1.165, 1.54) is 11.9 Å². The summed E-state index contributed by atoms with van der Waals surface area (Å²) in [6, 6.07) is 15.3. The Bertz CT molecular complexity index is 1650. The average Bonchev–Trinajstić information content (AvgIpc) is 3.48. The maximum absolute atomic E-state index is 12.7. The Labute approximate surface area is 261 Å². The van der Waals surface area contributed by atoms with E-state index in [1.807, 2.05) is 81.8 Å². The van der Waals surface area contributed by atoms with Gasteiger partial charge in [-0.25, -0.2) is 4.79 Å². The number of rotatable bonds is 10. The van der Waals surface area contributed by atoms with Crippen LogP contribution in [0.15, 0.2) is 65.7 Å². The molecular formula is C33H40N4O6S. The molecule has 1 fully saturated rings. The van der Waals surface area contributed by atoms with Crippen LogP contribution in [0.25, 0.3) is 22.0 Å². The van der Waals surface area contributed by atoms with Gasteiger partial charge in [0.2, 0.25) is 0 Å². The zero-order valence-electron chi connectivity index (χ0n) is 25.8. The largest absolute Gasteiger partial charge is 0.491 e. The van der Waals surface area contributed by atoms with E-state index < -0.39 is 5.60 Å². The maximum atomic E-state index is 12.7. The zero-order chi connectivity index (χ0) is 31.3. The number of carbonyl (C=O) groups excluding carboxylic acids is 1. The summed E-state index contributed by atoms with van der Waals surface area (Å²) in [5.41, 5.74) is 2.61. The number of aromatic nitrogens is 2. The Hall–Kier alpha value is -4.09. The number of pyridine rings is 1. The summed E-state index contributed by atoms with van der Waals surface area (Å²) in [6.45, 7) is 7.68. The summed E-state index contributed by atoms with van der Waals surface area (Å²) in [7, 11) is 1.74. The van der Waals surface area contributed by atoms with Crippen LogP contribution in [0.3, 0.4) is 0 Å². The van der Waals surface area contributed by atoms with Crippen molar-refractivity contribution in [1.82, 2.24) is 14.5 Å².